The molecule has 1 atom stereocenters. The average Bonchev–Trinajstić information content (AvgIpc) is 2.58. The van der Waals surface area contributed by atoms with Crippen LogP contribution in [0.15, 0.2) is 35.3 Å². The van der Waals surface area contributed by atoms with Gasteiger partial charge in [-0.3, -0.25) is 4.99 Å². The third-order valence-electron chi connectivity index (χ3n) is 3.69. The van der Waals surface area contributed by atoms with Gasteiger partial charge in [-0.05, 0) is 25.6 Å². The molecule has 1 saturated heterocycles. The monoisotopic (exact) mass is 320 g/mol. The number of nitrogens with one attached hydrogen (secondary N) is 2. The largest absolute Gasteiger partial charge is 0.494 e. The summed E-state index contributed by atoms with van der Waals surface area (Å²) in [4.78, 5) is 6.52. The standard InChI is InChI=1S/C17H28N4O2/c1-18-17(20-13-16-14-21(2)10-12-23-16)19-9-6-11-22-15-7-4-3-5-8-15/h3-5,7-8,16H,6,9-14H2,1-2H3,(H2,18,19,20). The second kappa shape index (κ2) is 10.1. The lowest BCUT2D eigenvalue weighted by atomic mass is 10.3. The third kappa shape index (κ3) is 6.88. The summed E-state index contributed by atoms with van der Waals surface area (Å²) in [5, 5.41) is 6.61. The molecular formula is C17H28N4O2. The van der Waals surface area contributed by atoms with E-state index in [4.69, 9.17) is 9.47 Å². The molecule has 0 saturated carbocycles. The highest BCUT2D eigenvalue weighted by Crippen LogP contribution is 2.08. The molecule has 0 aliphatic carbocycles. The lowest BCUT2D eigenvalue weighted by Crippen LogP contribution is -2.48. The maximum Gasteiger partial charge on any atom is 0.191 e. The summed E-state index contributed by atoms with van der Waals surface area (Å²) in [6.07, 6.45) is 1.13. The molecule has 1 heterocycles. The van der Waals surface area contributed by atoms with E-state index < -0.39 is 0 Å². The molecule has 0 aromatic heterocycles. The molecule has 0 radical (unpaired) electrons. The first-order valence-electron chi connectivity index (χ1n) is 8.20. The molecule has 6 nitrogen and oxygen atoms in total. The lowest BCUT2D eigenvalue weighted by Gasteiger charge is -2.30. The van der Waals surface area contributed by atoms with E-state index in [2.05, 4.69) is 27.6 Å². The van der Waals surface area contributed by atoms with Crippen molar-refractivity contribution in [1.82, 2.24) is 15.5 Å². The Bertz CT molecular complexity index is 467. The summed E-state index contributed by atoms with van der Waals surface area (Å²) in [5.41, 5.74) is 0. The molecule has 1 aliphatic heterocycles. The van der Waals surface area contributed by atoms with Gasteiger partial charge in [0.05, 0.1) is 19.3 Å². The van der Waals surface area contributed by atoms with Gasteiger partial charge in [0.2, 0.25) is 0 Å². The van der Waals surface area contributed by atoms with E-state index in [-0.39, 0.29) is 6.10 Å². The minimum atomic E-state index is 0.216. The Morgan fingerprint density at radius 1 is 1.35 bits per heavy atom. The zero-order valence-corrected chi connectivity index (χ0v) is 14.1. The maximum absolute atomic E-state index is 5.73. The summed E-state index contributed by atoms with van der Waals surface area (Å²) in [7, 11) is 3.90. The summed E-state index contributed by atoms with van der Waals surface area (Å²) < 4.78 is 11.4. The molecule has 23 heavy (non-hydrogen) atoms. The number of benzene rings is 1. The predicted octanol–water partition coefficient (Wildman–Crippen LogP) is 0.951. The molecule has 2 rings (SSSR count). The summed E-state index contributed by atoms with van der Waals surface area (Å²) in [5.74, 6) is 1.72. The molecule has 0 bridgehead atoms. The van der Waals surface area contributed by atoms with E-state index in [9.17, 15) is 0 Å². The number of hydrogen-bond acceptors (Lipinski definition) is 4. The zero-order valence-electron chi connectivity index (χ0n) is 14.1. The van der Waals surface area contributed by atoms with Crippen LogP contribution < -0.4 is 15.4 Å². The fourth-order valence-electron chi connectivity index (χ4n) is 2.41. The lowest BCUT2D eigenvalue weighted by molar-refractivity contribution is -0.0161. The smallest absolute Gasteiger partial charge is 0.191 e. The van der Waals surface area contributed by atoms with Crippen LogP contribution in [0, 0.1) is 0 Å². The molecule has 0 spiro atoms. The molecule has 2 N–H and O–H groups in total. The van der Waals surface area contributed by atoms with Gasteiger partial charge >= 0.3 is 0 Å². The van der Waals surface area contributed by atoms with Crippen LogP contribution in [0.1, 0.15) is 6.42 Å². The quantitative estimate of drug-likeness (QED) is 0.445. The second-order valence-electron chi connectivity index (χ2n) is 5.65. The fourth-order valence-corrected chi connectivity index (χ4v) is 2.41. The molecule has 128 valence electrons. The van der Waals surface area contributed by atoms with Crippen molar-refractivity contribution in [2.75, 3.05) is 53.5 Å². The normalized spacial score (nSPS) is 19.4. The molecule has 1 fully saturated rings. The number of rotatable bonds is 7. The van der Waals surface area contributed by atoms with Gasteiger partial charge in [-0.15, -0.1) is 0 Å². The van der Waals surface area contributed by atoms with E-state index in [0.717, 1.165) is 50.9 Å². The molecule has 0 amide bonds. The van der Waals surface area contributed by atoms with E-state index >= 15 is 0 Å². The number of morpholine rings is 1. The van der Waals surface area contributed by atoms with Crippen molar-refractivity contribution in [2.24, 2.45) is 4.99 Å². The van der Waals surface area contributed by atoms with Gasteiger partial charge in [-0.25, -0.2) is 0 Å². The van der Waals surface area contributed by atoms with Gasteiger partial charge in [0, 0.05) is 33.2 Å². The molecule has 1 aromatic rings. The number of nitrogens with zero attached hydrogens (tertiary/aromatic N) is 2. The zero-order chi connectivity index (χ0) is 16.3. The van der Waals surface area contributed by atoms with Gasteiger partial charge in [-0.1, -0.05) is 18.2 Å². The van der Waals surface area contributed by atoms with Gasteiger partial charge in [0.25, 0.3) is 0 Å². The van der Waals surface area contributed by atoms with E-state index in [1.54, 1.807) is 7.05 Å². The third-order valence-corrected chi connectivity index (χ3v) is 3.69. The number of ether oxygens (including phenoxy) is 2. The predicted molar refractivity (Wildman–Crippen MR) is 93.2 cm³/mol. The minimum Gasteiger partial charge on any atom is -0.494 e. The van der Waals surface area contributed by atoms with Crippen LogP contribution in [-0.4, -0.2) is 70.5 Å². The SMILES string of the molecule is CN=C(NCCCOc1ccccc1)NCC1CN(C)CCO1. The number of likely N-dealkylation sites (N-methyl/N-ethyl adjacent to an activating group) is 1. The minimum absolute atomic E-state index is 0.216. The van der Waals surface area contributed by atoms with Crippen LogP contribution in [0.4, 0.5) is 0 Å². The first-order valence-corrected chi connectivity index (χ1v) is 8.20. The fraction of sp³-hybridized carbons (Fsp3) is 0.588. The number of aliphatic imine (C=N–C) groups is 1. The van der Waals surface area contributed by atoms with Crippen molar-refractivity contribution in [2.45, 2.75) is 12.5 Å². The molecule has 6 heteroatoms. The van der Waals surface area contributed by atoms with Gasteiger partial charge < -0.3 is 25.0 Å². The Morgan fingerprint density at radius 2 is 2.17 bits per heavy atom. The highest BCUT2D eigenvalue weighted by molar-refractivity contribution is 5.79. The van der Waals surface area contributed by atoms with Crippen molar-refractivity contribution in [1.29, 1.82) is 0 Å². The van der Waals surface area contributed by atoms with Crippen molar-refractivity contribution in [3.63, 3.8) is 0 Å². The van der Waals surface area contributed by atoms with Crippen molar-refractivity contribution in [3.05, 3.63) is 30.3 Å². The van der Waals surface area contributed by atoms with Crippen molar-refractivity contribution in [3.8, 4) is 5.75 Å². The van der Waals surface area contributed by atoms with Crippen LogP contribution in [0.25, 0.3) is 0 Å². The highest BCUT2D eigenvalue weighted by atomic mass is 16.5. The van der Waals surface area contributed by atoms with Crippen molar-refractivity contribution < 1.29 is 9.47 Å². The first-order chi connectivity index (χ1) is 11.3. The summed E-state index contributed by atoms with van der Waals surface area (Å²) >= 11 is 0. The van der Waals surface area contributed by atoms with Crippen molar-refractivity contribution >= 4 is 5.96 Å². The maximum atomic E-state index is 5.73. The Kier molecular flexibility index (Phi) is 7.69. The highest BCUT2D eigenvalue weighted by Gasteiger charge is 2.17. The summed E-state index contributed by atoms with van der Waals surface area (Å²) in [6, 6.07) is 9.87. The van der Waals surface area contributed by atoms with Gasteiger partial charge in [0.15, 0.2) is 5.96 Å². The van der Waals surface area contributed by atoms with Crippen LogP contribution in [0.3, 0.4) is 0 Å². The van der Waals surface area contributed by atoms with E-state index in [0.29, 0.717) is 6.61 Å². The summed E-state index contributed by atoms with van der Waals surface area (Å²) in [6.45, 7) is 5.03. The molecular weight excluding hydrogens is 292 g/mol. The Labute approximate surface area is 138 Å². The average molecular weight is 320 g/mol. The Hall–Kier alpha value is -1.79. The van der Waals surface area contributed by atoms with E-state index in [1.807, 2.05) is 30.3 Å². The van der Waals surface area contributed by atoms with Crippen LogP contribution in [0.2, 0.25) is 0 Å². The van der Waals surface area contributed by atoms with Gasteiger partial charge in [-0.2, -0.15) is 0 Å². The Morgan fingerprint density at radius 3 is 2.91 bits per heavy atom. The number of para-hydroxylation sites is 1. The van der Waals surface area contributed by atoms with Gasteiger partial charge in [0.1, 0.15) is 5.75 Å². The second-order valence-corrected chi connectivity index (χ2v) is 5.65. The topological polar surface area (TPSA) is 58.1 Å². The first kappa shape index (κ1) is 17.6. The number of guanidine groups is 1. The number of hydrogen-bond donors (Lipinski definition) is 2. The molecule has 1 aromatic carbocycles. The molecule has 1 aliphatic rings. The molecule has 1 unspecified atom stereocenters. The Balaban J connectivity index is 1.56. The van der Waals surface area contributed by atoms with Crippen LogP contribution >= 0.6 is 0 Å². The van der Waals surface area contributed by atoms with E-state index in [1.165, 1.54) is 0 Å². The van der Waals surface area contributed by atoms with Crippen LogP contribution in [0.5, 0.6) is 5.75 Å². The van der Waals surface area contributed by atoms with Crippen LogP contribution in [-0.2, 0) is 4.74 Å².